The second-order valence-electron chi connectivity index (χ2n) is 4.16. The van der Waals surface area contributed by atoms with E-state index in [-0.39, 0.29) is 17.7 Å². The Morgan fingerprint density at radius 3 is 3.33 bits per heavy atom. The van der Waals surface area contributed by atoms with Gasteiger partial charge in [0.05, 0.1) is 0 Å². The van der Waals surface area contributed by atoms with Crippen molar-refractivity contribution in [2.75, 3.05) is 13.2 Å². The zero-order valence-electron chi connectivity index (χ0n) is 9.54. The molecule has 2 aromatic heterocycles. The van der Waals surface area contributed by atoms with Crippen LogP contribution in [0.2, 0.25) is 0 Å². The quantitative estimate of drug-likeness (QED) is 0.670. The standard InChI is InChI=1S/C10H12N4O3S/c15-14(16)9-8(12-10-13(9)4-5-18-10)17-6-7-2-1-3-11-7/h4-5,7,11H,1-3,6H2. The lowest BCUT2D eigenvalue weighted by molar-refractivity contribution is -0.391. The molecule has 0 spiro atoms. The molecule has 3 rings (SSSR count). The van der Waals surface area contributed by atoms with Crippen LogP contribution in [0.1, 0.15) is 12.8 Å². The largest absolute Gasteiger partial charge is 0.470 e. The minimum Gasteiger partial charge on any atom is -0.470 e. The molecule has 3 heterocycles. The summed E-state index contributed by atoms with van der Waals surface area (Å²) in [5.41, 5.74) is 0. The maximum absolute atomic E-state index is 11.0. The summed E-state index contributed by atoms with van der Waals surface area (Å²) in [7, 11) is 0. The van der Waals surface area contributed by atoms with E-state index in [0.717, 1.165) is 19.4 Å². The van der Waals surface area contributed by atoms with E-state index in [4.69, 9.17) is 4.74 Å². The smallest absolute Gasteiger partial charge is 0.393 e. The van der Waals surface area contributed by atoms with Crippen LogP contribution in [-0.4, -0.2) is 33.5 Å². The fourth-order valence-corrected chi connectivity index (χ4v) is 2.80. The molecule has 96 valence electrons. The molecule has 0 amide bonds. The average Bonchev–Trinajstić information content (AvgIpc) is 3.01. The van der Waals surface area contributed by atoms with E-state index in [0.29, 0.717) is 11.6 Å². The Labute approximate surface area is 107 Å². The van der Waals surface area contributed by atoms with Crippen molar-refractivity contribution in [3.05, 3.63) is 21.7 Å². The van der Waals surface area contributed by atoms with Crippen molar-refractivity contribution in [3.8, 4) is 5.88 Å². The summed E-state index contributed by atoms with van der Waals surface area (Å²) in [5, 5.41) is 16.1. The highest BCUT2D eigenvalue weighted by Crippen LogP contribution is 2.30. The van der Waals surface area contributed by atoms with Crippen molar-refractivity contribution < 1.29 is 9.66 Å². The first-order chi connectivity index (χ1) is 8.75. The molecule has 2 aromatic rings. The van der Waals surface area contributed by atoms with Crippen molar-refractivity contribution in [2.24, 2.45) is 0 Å². The number of nitro groups is 1. The van der Waals surface area contributed by atoms with Crippen LogP contribution in [0.15, 0.2) is 11.6 Å². The number of nitrogens with one attached hydrogen (secondary N) is 1. The maximum atomic E-state index is 11.0. The average molecular weight is 268 g/mol. The molecule has 18 heavy (non-hydrogen) atoms. The number of thiazole rings is 1. The van der Waals surface area contributed by atoms with Crippen LogP contribution in [0.5, 0.6) is 5.88 Å². The van der Waals surface area contributed by atoms with Crippen molar-refractivity contribution >= 4 is 22.1 Å². The lowest BCUT2D eigenvalue weighted by Crippen LogP contribution is -2.28. The zero-order valence-corrected chi connectivity index (χ0v) is 10.4. The highest BCUT2D eigenvalue weighted by Gasteiger charge is 2.26. The van der Waals surface area contributed by atoms with Gasteiger partial charge in [-0.05, 0) is 24.3 Å². The van der Waals surface area contributed by atoms with Crippen LogP contribution in [0.3, 0.4) is 0 Å². The molecule has 0 radical (unpaired) electrons. The Morgan fingerprint density at radius 2 is 2.61 bits per heavy atom. The molecule has 1 atom stereocenters. The number of nitrogens with zero attached hydrogens (tertiary/aromatic N) is 3. The Hall–Kier alpha value is -1.67. The van der Waals surface area contributed by atoms with Crippen LogP contribution >= 0.6 is 11.3 Å². The zero-order chi connectivity index (χ0) is 12.5. The fourth-order valence-electron chi connectivity index (χ4n) is 2.10. The molecule has 1 saturated heterocycles. The minimum atomic E-state index is -0.454. The Bertz CT molecular complexity index is 573. The van der Waals surface area contributed by atoms with Gasteiger partial charge in [0.25, 0.3) is 4.96 Å². The first-order valence-electron chi connectivity index (χ1n) is 5.72. The lowest BCUT2D eigenvalue weighted by atomic mass is 10.2. The van der Waals surface area contributed by atoms with Gasteiger partial charge in [-0.1, -0.05) is 11.3 Å². The fraction of sp³-hybridized carbons (Fsp3) is 0.500. The summed E-state index contributed by atoms with van der Waals surface area (Å²) in [5.74, 6) is 0.0183. The third-order valence-electron chi connectivity index (χ3n) is 2.96. The van der Waals surface area contributed by atoms with E-state index in [1.54, 1.807) is 11.6 Å². The van der Waals surface area contributed by atoms with Crippen LogP contribution in [0, 0.1) is 10.1 Å². The number of imidazole rings is 1. The normalized spacial score (nSPS) is 19.4. The van der Waals surface area contributed by atoms with Gasteiger partial charge >= 0.3 is 11.7 Å². The molecule has 0 saturated carbocycles. The summed E-state index contributed by atoms with van der Waals surface area (Å²) >= 11 is 1.35. The number of hydrogen-bond acceptors (Lipinski definition) is 6. The van der Waals surface area contributed by atoms with E-state index >= 15 is 0 Å². The monoisotopic (exact) mass is 268 g/mol. The SMILES string of the molecule is O=[N+]([O-])c1c(OCC2CCCN2)nc2sccn12. The number of ether oxygens (including phenoxy) is 1. The van der Waals surface area contributed by atoms with E-state index < -0.39 is 4.92 Å². The molecule has 0 bridgehead atoms. The van der Waals surface area contributed by atoms with Gasteiger partial charge in [-0.2, -0.15) is 9.38 Å². The highest BCUT2D eigenvalue weighted by atomic mass is 32.1. The van der Waals surface area contributed by atoms with Crippen molar-refractivity contribution in [2.45, 2.75) is 18.9 Å². The van der Waals surface area contributed by atoms with E-state index in [2.05, 4.69) is 10.3 Å². The predicted molar refractivity (Wildman–Crippen MR) is 66.2 cm³/mol. The third-order valence-corrected chi connectivity index (χ3v) is 3.72. The van der Waals surface area contributed by atoms with E-state index in [9.17, 15) is 10.1 Å². The van der Waals surface area contributed by atoms with Crippen LogP contribution in [0.25, 0.3) is 4.96 Å². The van der Waals surface area contributed by atoms with Gasteiger partial charge in [-0.25, -0.2) is 0 Å². The van der Waals surface area contributed by atoms with Gasteiger partial charge < -0.3 is 20.2 Å². The number of aromatic nitrogens is 2. The lowest BCUT2D eigenvalue weighted by Gasteiger charge is -2.09. The van der Waals surface area contributed by atoms with Gasteiger partial charge in [0.1, 0.15) is 12.8 Å². The van der Waals surface area contributed by atoms with Crippen molar-refractivity contribution in [1.82, 2.24) is 14.7 Å². The van der Waals surface area contributed by atoms with Gasteiger partial charge in [0.2, 0.25) is 0 Å². The molecular weight excluding hydrogens is 256 g/mol. The summed E-state index contributed by atoms with van der Waals surface area (Å²) in [6.45, 7) is 1.40. The molecule has 1 aliphatic heterocycles. The second kappa shape index (κ2) is 4.54. The van der Waals surface area contributed by atoms with Gasteiger partial charge in [0.15, 0.2) is 0 Å². The topological polar surface area (TPSA) is 81.7 Å². The minimum absolute atomic E-state index is 0.0933. The Morgan fingerprint density at radius 1 is 1.72 bits per heavy atom. The third kappa shape index (κ3) is 1.93. The molecule has 1 fully saturated rings. The predicted octanol–water partition coefficient (Wildman–Crippen LogP) is 1.43. The molecule has 0 aliphatic carbocycles. The molecule has 8 heteroatoms. The Balaban J connectivity index is 1.83. The van der Waals surface area contributed by atoms with Gasteiger partial charge in [0, 0.05) is 11.4 Å². The molecule has 1 aliphatic rings. The molecule has 1 unspecified atom stereocenters. The second-order valence-corrected chi connectivity index (χ2v) is 5.03. The summed E-state index contributed by atoms with van der Waals surface area (Å²) in [4.78, 5) is 15.3. The summed E-state index contributed by atoms with van der Waals surface area (Å²) in [6.07, 6.45) is 3.79. The van der Waals surface area contributed by atoms with Crippen LogP contribution in [0.4, 0.5) is 5.82 Å². The first kappa shape index (κ1) is 11.4. The molecule has 7 nitrogen and oxygen atoms in total. The number of fused-ring (bicyclic) bond motifs is 1. The molecule has 1 N–H and O–H groups in total. The summed E-state index contributed by atoms with van der Waals surface area (Å²) in [6, 6.07) is 0.268. The summed E-state index contributed by atoms with van der Waals surface area (Å²) < 4.78 is 6.94. The number of hydrogen-bond donors (Lipinski definition) is 1. The van der Waals surface area contributed by atoms with Gasteiger partial charge in [-0.15, -0.1) is 0 Å². The van der Waals surface area contributed by atoms with Crippen molar-refractivity contribution in [3.63, 3.8) is 0 Å². The van der Waals surface area contributed by atoms with E-state index in [1.165, 1.54) is 15.7 Å². The van der Waals surface area contributed by atoms with Crippen LogP contribution < -0.4 is 10.1 Å². The molecular formula is C10H12N4O3S. The van der Waals surface area contributed by atoms with Crippen LogP contribution in [-0.2, 0) is 0 Å². The molecule has 0 aromatic carbocycles. The van der Waals surface area contributed by atoms with Gasteiger partial charge in [-0.3, -0.25) is 0 Å². The van der Waals surface area contributed by atoms with E-state index in [1.807, 2.05) is 0 Å². The highest BCUT2D eigenvalue weighted by molar-refractivity contribution is 7.15. The maximum Gasteiger partial charge on any atom is 0.393 e. The Kier molecular flexibility index (Phi) is 2.88. The number of rotatable bonds is 4. The first-order valence-corrected chi connectivity index (χ1v) is 6.60. The van der Waals surface area contributed by atoms with Crippen molar-refractivity contribution in [1.29, 1.82) is 0 Å².